The van der Waals surface area contributed by atoms with E-state index in [1.165, 1.54) is 9.36 Å². The number of carbonyl (C=O) groups is 6. The number of anilines is 1. The van der Waals surface area contributed by atoms with E-state index >= 15 is 0 Å². The first-order valence-electron chi connectivity index (χ1n) is 28.0. The van der Waals surface area contributed by atoms with E-state index in [4.69, 9.17) is 32.7 Å². The van der Waals surface area contributed by atoms with Gasteiger partial charge < -0.3 is 29.9 Å². The molecular formula is C60H72Cl2N6O14. The van der Waals surface area contributed by atoms with E-state index in [0.717, 1.165) is 27.0 Å². The van der Waals surface area contributed by atoms with Crippen molar-refractivity contribution in [2.45, 2.75) is 142 Å². The average molecular weight is 1170 g/mol. The van der Waals surface area contributed by atoms with Crippen LogP contribution in [0, 0.1) is 57.2 Å². The summed E-state index contributed by atoms with van der Waals surface area (Å²) in [4.78, 5) is 102. The summed E-state index contributed by atoms with van der Waals surface area (Å²) >= 11 is 11.6. The topological polar surface area (TPSA) is 279 Å². The summed E-state index contributed by atoms with van der Waals surface area (Å²) in [6.07, 6.45) is 3.14. The number of hydrogen-bond acceptors (Lipinski definition) is 14. The largest absolute Gasteiger partial charge is 0.461 e. The summed E-state index contributed by atoms with van der Waals surface area (Å²) < 4.78 is 15.7. The van der Waals surface area contributed by atoms with Crippen LogP contribution in [0.4, 0.5) is 15.3 Å². The Labute approximate surface area is 484 Å². The van der Waals surface area contributed by atoms with Gasteiger partial charge in [0.05, 0.1) is 24.5 Å². The number of imide groups is 1. The zero-order valence-electron chi connectivity index (χ0n) is 46.9. The molecule has 4 bridgehead atoms. The fourth-order valence-corrected chi connectivity index (χ4v) is 16.6. The van der Waals surface area contributed by atoms with Crippen LogP contribution in [0.2, 0.25) is 0 Å². The number of aliphatic hydroxyl groups excluding tert-OH is 2. The lowest BCUT2D eigenvalue weighted by molar-refractivity contribution is -0.234. The Morgan fingerprint density at radius 1 is 0.695 bits per heavy atom. The van der Waals surface area contributed by atoms with Crippen LogP contribution in [0.3, 0.4) is 0 Å². The maximum atomic E-state index is 13.7. The number of aliphatic hydroxyl groups is 4. The van der Waals surface area contributed by atoms with Gasteiger partial charge in [-0.1, -0.05) is 119 Å². The highest BCUT2D eigenvalue weighted by Gasteiger charge is 2.80. The summed E-state index contributed by atoms with van der Waals surface area (Å²) in [5, 5.41) is 52.5. The second-order valence-corrected chi connectivity index (χ2v) is 24.7. The minimum absolute atomic E-state index is 0.0871. The number of Topliss-reactive ketones (excluding diaryl/α,β-unsaturated/α-hetero) is 2. The SMILES string of the molecule is C=CC(=C)[C@@H]1C[C@@H](OC(=O)CCl)[C@]2(C)[C@H](C)CC[C@]3(C[C@H](O)C(=O)[C@]32O)[C@H]1C.C[C@@H]1CC[C@@]23C[C@H](O)C(=O)[C@@]2(O)[C@]1(C)[C@H](OC(=O)CCl)C[C@@H](C1=CCn2c(=O)n(-c4ccccc4)c(=O)n2C1)[C@@H]3C.O=C1N=NC(=O)N1c1ccccc1. The quantitative estimate of drug-likeness (QED) is 0.0711. The first-order chi connectivity index (χ1) is 38.7. The third-order valence-electron chi connectivity index (χ3n) is 21.3. The van der Waals surface area contributed by atoms with Crippen LogP contribution in [0.25, 0.3) is 5.69 Å². The molecule has 3 heterocycles. The number of azo groups is 1. The molecule has 4 N–H and O–H groups in total. The van der Waals surface area contributed by atoms with Crippen molar-refractivity contribution >= 4 is 64.5 Å². The summed E-state index contributed by atoms with van der Waals surface area (Å²) in [5.74, 6) is -4.25. The second kappa shape index (κ2) is 22.1. The Hall–Kier alpha value is -6.16. The van der Waals surface area contributed by atoms with Gasteiger partial charge in [0.2, 0.25) is 0 Å². The fraction of sp³-hybridized carbons (Fsp3) is 0.567. The molecule has 4 amide bonds. The molecule has 2 aromatic carbocycles. The van der Waals surface area contributed by atoms with E-state index in [1.807, 2.05) is 46.8 Å². The standard InChI is InChI=1S/C30H36ClN3O7.C22H31ClO5.C8H5N3O2/c1-17-9-11-29-14-22(35)25(37)30(29,40)28(17,3)23(41-24(36)15-31)13-21(18(29)2)19-10-12-32-26(38)34(27(39)33(32)16-19)20-7-5-4-6-8-20;1-6-12(2)15-9-17(28-18(25)11-23)20(5)13(3)7-8-21(14(15)4)10-16(24)19(26)22(20,21)27;12-7-9-10-8(13)11(7)6-4-2-1-3-5-6/h4-8,10,17-18,21-23,35,40H,9,11-16H2,1-3H3;6,13-17,24,27H,1-2,7-11H2,3-5H3;1-5H/t17-,18+,21-,22+,23-,28+,29+,30-;13-,14+,15+,16+,17-,20+,21+,22-;/m11./s1. The van der Waals surface area contributed by atoms with Crippen molar-refractivity contribution in [1.29, 1.82) is 0 Å². The minimum atomic E-state index is -1.92. The highest BCUT2D eigenvalue weighted by Crippen LogP contribution is 2.72. The monoisotopic (exact) mass is 1170 g/mol. The summed E-state index contributed by atoms with van der Waals surface area (Å²) in [7, 11) is 0. The number of aromatic nitrogens is 3. The molecule has 6 fully saturated rings. The smallest absolute Gasteiger partial charge is 0.375 e. The van der Waals surface area contributed by atoms with E-state index < -0.39 is 104 Å². The highest BCUT2D eigenvalue weighted by molar-refractivity contribution is 6.26. The molecule has 6 aliphatic carbocycles. The molecule has 20 nitrogen and oxygen atoms in total. The molecule has 6 saturated carbocycles. The van der Waals surface area contributed by atoms with Crippen molar-refractivity contribution < 1.29 is 58.7 Å². The Morgan fingerprint density at radius 3 is 1.62 bits per heavy atom. The number of ketones is 2. The number of ether oxygens (including phenoxy) is 2. The molecule has 0 radical (unpaired) electrons. The van der Waals surface area contributed by atoms with Gasteiger partial charge in [0.1, 0.15) is 47.4 Å². The third-order valence-corrected chi connectivity index (χ3v) is 21.8. The number of halogens is 2. The molecule has 11 rings (SSSR count). The van der Waals surface area contributed by atoms with E-state index in [0.29, 0.717) is 43.5 Å². The predicted molar refractivity (Wildman–Crippen MR) is 301 cm³/mol. The number of fused-ring (bicyclic) bond motifs is 1. The second-order valence-electron chi connectivity index (χ2n) is 24.2. The molecule has 0 saturated heterocycles. The van der Waals surface area contributed by atoms with Crippen molar-refractivity contribution in [3.63, 3.8) is 0 Å². The highest BCUT2D eigenvalue weighted by atomic mass is 35.5. The van der Waals surface area contributed by atoms with Crippen molar-refractivity contribution in [3.8, 4) is 5.69 Å². The molecular weight excluding hydrogens is 1100 g/mol. The van der Waals surface area contributed by atoms with Gasteiger partial charge in [-0.05, 0) is 117 Å². The predicted octanol–water partition coefficient (Wildman–Crippen LogP) is 7.26. The van der Waals surface area contributed by atoms with Gasteiger partial charge in [-0.15, -0.1) is 23.2 Å². The van der Waals surface area contributed by atoms with Crippen LogP contribution < -0.4 is 16.3 Å². The van der Waals surface area contributed by atoms with Gasteiger partial charge in [-0.25, -0.2) is 38.0 Å². The average Bonchev–Trinajstić information content (AvgIpc) is 1.58. The molecule has 82 heavy (non-hydrogen) atoms. The van der Waals surface area contributed by atoms with Crippen LogP contribution in [-0.2, 0) is 41.7 Å². The van der Waals surface area contributed by atoms with E-state index in [-0.39, 0.29) is 73.2 Å². The minimum Gasteiger partial charge on any atom is -0.461 e. The van der Waals surface area contributed by atoms with Gasteiger partial charge in [0.25, 0.3) is 0 Å². The van der Waals surface area contributed by atoms with Crippen LogP contribution in [0.1, 0.15) is 92.9 Å². The van der Waals surface area contributed by atoms with E-state index in [2.05, 4.69) is 23.4 Å². The third kappa shape index (κ3) is 8.73. The zero-order chi connectivity index (χ0) is 59.8. The molecule has 2 aliphatic heterocycles. The van der Waals surface area contributed by atoms with Crippen LogP contribution in [-0.4, -0.2) is 117 Å². The molecule has 0 unspecified atom stereocenters. The van der Waals surface area contributed by atoms with Gasteiger partial charge in [0, 0.05) is 21.7 Å². The molecule has 3 aromatic rings. The van der Waals surface area contributed by atoms with Crippen LogP contribution in [0.5, 0.6) is 0 Å². The lowest BCUT2D eigenvalue weighted by Gasteiger charge is -2.60. The first kappa shape index (κ1) is 60.4. The molecule has 440 valence electrons. The van der Waals surface area contributed by atoms with E-state index in [1.54, 1.807) is 67.6 Å². The van der Waals surface area contributed by atoms with Crippen molar-refractivity contribution in [3.05, 3.63) is 118 Å². The molecule has 8 aliphatic rings. The number of allylic oxidation sites excluding steroid dienone is 4. The molecule has 16 atom stereocenters. The maximum Gasteiger partial charge on any atom is 0.375 e. The van der Waals surface area contributed by atoms with Gasteiger partial charge >= 0.3 is 35.4 Å². The van der Waals surface area contributed by atoms with Gasteiger partial charge in [0.15, 0.2) is 11.6 Å². The number of nitrogens with zero attached hydrogens (tertiary/aromatic N) is 6. The molecule has 22 heteroatoms. The number of urea groups is 2. The van der Waals surface area contributed by atoms with Gasteiger partial charge in [-0.3, -0.25) is 19.2 Å². The Morgan fingerprint density at radius 2 is 1.15 bits per heavy atom. The lowest BCUT2D eigenvalue weighted by atomic mass is 9.46. The van der Waals surface area contributed by atoms with Gasteiger partial charge in [-0.2, -0.15) is 0 Å². The Balaban J connectivity index is 0.000000169. The summed E-state index contributed by atoms with van der Waals surface area (Å²) in [6.45, 7) is 19.9. The number of benzene rings is 2. The summed E-state index contributed by atoms with van der Waals surface area (Å²) in [5.41, 5.74) is -5.96. The van der Waals surface area contributed by atoms with E-state index in [9.17, 15) is 58.8 Å². The number of hydrogen-bond donors (Lipinski definition) is 4. The lowest BCUT2D eigenvalue weighted by Crippen LogP contribution is -2.69. The Kier molecular flexibility index (Phi) is 16.3. The van der Waals surface area contributed by atoms with Crippen molar-refractivity contribution in [1.82, 2.24) is 13.9 Å². The van der Waals surface area contributed by atoms with Crippen LogP contribution >= 0.6 is 23.2 Å². The fourth-order valence-electron chi connectivity index (χ4n) is 16.5. The van der Waals surface area contributed by atoms with Crippen LogP contribution in [0.15, 0.2) is 117 Å². The molecule has 0 spiro atoms. The Bertz CT molecular complexity index is 3270. The molecule has 1 aromatic heterocycles. The number of carbonyl (C=O) groups excluding carboxylic acids is 6. The zero-order valence-corrected chi connectivity index (χ0v) is 48.4. The number of rotatable bonds is 9. The maximum absolute atomic E-state index is 13.7. The number of para-hydroxylation sites is 2. The summed E-state index contributed by atoms with van der Waals surface area (Å²) in [6, 6.07) is 16.0. The normalized spacial score (nSPS) is 37.8. The number of amides is 4. The number of alkyl halides is 2. The number of esters is 2. The first-order valence-corrected chi connectivity index (χ1v) is 29.0. The van der Waals surface area contributed by atoms with Crippen molar-refractivity contribution in [2.24, 2.45) is 67.4 Å². The van der Waals surface area contributed by atoms with Crippen molar-refractivity contribution in [2.75, 3.05) is 16.7 Å².